The van der Waals surface area contributed by atoms with E-state index in [2.05, 4.69) is 20.0 Å². The van der Waals surface area contributed by atoms with Gasteiger partial charge in [0.25, 0.3) is 0 Å². The van der Waals surface area contributed by atoms with Crippen LogP contribution in [0.5, 0.6) is 0 Å². The van der Waals surface area contributed by atoms with Gasteiger partial charge in [0.2, 0.25) is 0 Å². The van der Waals surface area contributed by atoms with Crippen molar-refractivity contribution in [3.8, 4) is 0 Å². The lowest BCUT2D eigenvalue weighted by atomic mass is 9.93. The first-order valence-electron chi connectivity index (χ1n) is 8.93. The van der Waals surface area contributed by atoms with Crippen LogP contribution in [0.15, 0.2) is 24.8 Å². The number of rotatable bonds is 2. The molecule has 0 radical (unpaired) electrons. The molecule has 4 heterocycles. The highest BCUT2D eigenvalue weighted by molar-refractivity contribution is 5.50. The molecular weight excluding hydrogens is 373 g/mol. The number of ether oxygens (including phenoxy) is 1. The van der Waals surface area contributed by atoms with Crippen LogP contribution in [0.1, 0.15) is 29.3 Å². The van der Waals surface area contributed by atoms with E-state index in [0.29, 0.717) is 32.2 Å². The highest BCUT2D eigenvalue weighted by atomic mass is 19.2. The third kappa shape index (κ3) is 2.76. The van der Waals surface area contributed by atoms with Crippen LogP contribution in [0.3, 0.4) is 0 Å². The smallest absolute Gasteiger partial charge is 0.163 e. The molecule has 0 bridgehead atoms. The third-order valence-corrected chi connectivity index (χ3v) is 5.46. The summed E-state index contributed by atoms with van der Waals surface area (Å²) in [5.74, 6) is -3.20. The van der Waals surface area contributed by atoms with Crippen LogP contribution in [0.25, 0.3) is 5.65 Å². The average molecular weight is 390 g/mol. The molecule has 2 unspecified atom stereocenters. The fraction of sp³-hybridized carbons (Fsp3) is 0.389. The van der Waals surface area contributed by atoms with E-state index in [1.165, 1.54) is 6.33 Å². The van der Waals surface area contributed by atoms with E-state index in [4.69, 9.17) is 10.5 Å². The Kier molecular flexibility index (Phi) is 4.07. The predicted octanol–water partition coefficient (Wildman–Crippen LogP) is 1.71. The van der Waals surface area contributed by atoms with Crippen molar-refractivity contribution in [3.63, 3.8) is 0 Å². The molecule has 28 heavy (non-hydrogen) atoms. The predicted molar refractivity (Wildman–Crippen MR) is 91.4 cm³/mol. The monoisotopic (exact) mass is 390 g/mol. The van der Waals surface area contributed by atoms with E-state index in [-0.39, 0.29) is 11.6 Å². The number of hydrogen-bond donors (Lipinski definition) is 1. The topological polar surface area (TPSA) is 81.6 Å². The Morgan fingerprint density at radius 2 is 1.93 bits per heavy atom. The van der Waals surface area contributed by atoms with E-state index < -0.39 is 29.6 Å². The summed E-state index contributed by atoms with van der Waals surface area (Å²) in [5, 5.41) is 4.50. The lowest BCUT2D eigenvalue weighted by molar-refractivity contribution is -0.0533. The van der Waals surface area contributed by atoms with Gasteiger partial charge in [-0.05, 0) is 12.5 Å². The first-order chi connectivity index (χ1) is 13.5. The SMILES string of the molecule is NC1CC(N2Cc3nn4cncnc4c3C2)CO[C@@H]1c1cc(F)c(F)cc1F. The molecule has 0 spiro atoms. The maximum atomic E-state index is 14.1. The van der Waals surface area contributed by atoms with Gasteiger partial charge in [-0.1, -0.05) is 0 Å². The summed E-state index contributed by atoms with van der Waals surface area (Å²) >= 11 is 0. The van der Waals surface area contributed by atoms with Gasteiger partial charge in [0.1, 0.15) is 24.6 Å². The fourth-order valence-corrected chi connectivity index (χ4v) is 4.08. The van der Waals surface area contributed by atoms with Crippen LogP contribution in [0.4, 0.5) is 13.2 Å². The second-order valence-electron chi connectivity index (χ2n) is 7.20. The third-order valence-electron chi connectivity index (χ3n) is 5.46. The highest BCUT2D eigenvalue weighted by Gasteiger charge is 2.38. The van der Waals surface area contributed by atoms with Gasteiger partial charge in [-0.2, -0.15) is 5.10 Å². The molecule has 1 saturated heterocycles. The largest absolute Gasteiger partial charge is 0.370 e. The minimum atomic E-state index is -1.23. The van der Waals surface area contributed by atoms with Gasteiger partial charge in [-0.25, -0.2) is 27.7 Å². The van der Waals surface area contributed by atoms with Gasteiger partial charge < -0.3 is 10.5 Å². The van der Waals surface area contributed by atoms with Crippen molar-refractivity contribution < 1.29 is 17.9 Å². The molecule has 3 aromatic rings. The van der Waals surface area contributed by atoms with Gasteiger partial charge >= 0.3 is 0 Å². The zero-order valence-electron chi connectivity index (χ0n) is 14.7. The molecule has 10 heteroatoms. The Bertz CT molecular complexity index is 1060. The second-order valence-corrected chi connectivity index (χ2v) is 7.20. The number of hydrogen-bond acceptors (Lipinski definition) is 6. The van der Waals surface area contributed by atoms with Gasteiger partial charge in [0.15, 0.2) is 17.3 Å². The standard InChI is InChI=1S/C18H17F3N6O/c19-12-3-14(21)13(20)2-10(12)17-15(22)1-9(6-28-17)26-4-11-16(5-26)25-27-8-23-7-24-18(11)27/h2-3,7-9,15,17H,1,4-6,22H2/t9?,15?,17-/m1/s1. The zero-order chi connectivity index (χ0) is 19.4. The normalized spacial score (nSPS) is 25.4. The van der Waals surface area contributed by atoms with Crippen LogP contribution in [-0.2, 0) is 17.8 Å². The van der Waals surface area contributed by atoms with Crippen molar-refractivity contribution in [3.05, 3.63) is 59.1 Å². The molecule has 2 N–H and O–H groups in total. The minimum absolute atomic E-state index is 0.00990. The van der Waals surface area contributed by atoms with Crippen LogP contribution in [0, 0.1) is 17.5 Å². The lowest BCUT2D eigenvalue weighted by Gasteiger charge is -2.38. The molecule has 7 nitrogen and oxygen atoms in total. The lowest BCUT2D eigenvalue weighted by Crippen LogP contribution is -2.47. The zero-order valence-corrected chi connectivity index (χ0v) is 14.7. The van der Waals surface area contributed by atoms with Crippen molar-refractivity contribution in [1.82, 2.24) is 24.5 Å². The fourth-order valence-electron chi connectivity index (χ4n) is 4.08. The molecule has 5 rings (SSSR count). The van der Waals surface area contributed by atoms with E-state index in [9.17, 15) is 13.2 Å². The van der Waals surface area contributed by atoms with Crippen molar-refractivity contribution in [2.24, 2.45) is 5.73 Å². The Balaban J connectivity index is 1.32. The molecule has 146 valence electrons. The van der Waals surface area contributed by atoms with E-state index in [1.807, 2.05) is 0 Å². The molecule has 1 aromatic carbocycles. The van der Waals surface area contributed by atoms with Gasteiger partial charge in [0.05, 0.1) is 12.3 Å². The molecule has 3 atom stereocenters. The molecule has 0 saturated carbocycles. The summed E-state index contributed by atoms with van der Waals surface area (Å²) in [6, 6.07) is 0.819. The van der Waals surface area contributed by atoms with Gasteiger partial charge in [-0.3, -0.25) is 4.90 Å². The summed E-state index contributed by atoms with van der Waals surface area (Å²) in [5.41, 5.74) is 8.92. The quantitative estimate of drug-likeness (QED) is 0.671. The number of halogens is 3. The Hall–Kier alpha value is -2.56. The number of aromatic nitrogens is 4. The van der Waals surface area contributed by atoms with E-state index in [0.717, 1.165) is 23.0 Å². The average Bonchev–Trinajstić information content (AvgIpc) is 3.23. The molecule has 2 aromatic heterocycles. The summed E-state index contributed by atoms with van der Waals surface area (Å²) in [6.07, 6.45) is 2.82. The first-order valence-corrected chi connectivity index (χ1v) is 8.93. The summed E-state index contributed by atoms with van der Waals surface area (Å²) in [7, 11) is 0. The molecule has 0 aliphatic carbocycles. The maximum absolute atomic E-state index is 14.1. The van der Waals surface area contributed by atoms with Crippen molar-refractivity contribution in [2.45, 2.75) is 37.7 Å². The molecule has 1 fully saturated rings. The molecule has 2 aliphatic rings. The molecular formula is C18H17F3N6O. The maximum Gasteiger partial charge on any atom is 0.163 e. The highest BCUT2D eigenvalue weighted by Crippen LogP contribution is 2.35. The van der Waals surface area contributed by atoms with E-state index in [1.54, 1.807) is 10.8 Å². The van der Waals surface area contributed by atoms with E-state index >= 15 is 0 Å². The molecule has 2 aliphatic heterocycles. The van der Waals surface area contributed by atoms with Crippen LogP contribution < -0.4 is 5.73 Å². The summed E-state index contributed by atoms with van der Waals surface area (Å²) in [6.45, 7) is 1.59. The van der Waals surface area contributed by atoms with Gasteiger partial charge in [0, 0.05) is 42.4 Å². The van der Waals surface area contributed by atoms with Crippen molar-refractivity contribution in [1.29, 1.82) is 0 Å². The van der Waals surface area contributed by atoms with Crippen molar-refractivity contribution >= 4 is 5.65 Å². The van der Waals surface area contributed by atoms with Gasteiger partial charge in [-0.15, -0.1) is 0 Å². The first kappa shape index (κ1) is 17.5. The number of fused-ring (bicyclic) bond motifs is 3. The second kappa shape index (κ2) is 6.50. The Morgan fingerprint density at radius 3 is 2.75 bits per heavy atom. The van der Waals surface area contributed by atoms with Crippen molar-refractivity contribution in [2.75, 3.05) is 6.61 Å². The Morgan fingerprint density at radius 1 is 1.11 bits per heavy atom. The molecule has 0 amide bonds. The number of nitrogens with two attached hydrogens (primary N) is 1. The van der Waals surface area contributed by atoms with Crippen LogP contribution in [-0.4, -0.2) is 43.2 Å². The summed E-state index contributed by atoms with van der Waals surface area (Å²) in [4.78, 5) is 10.4. The number of nitrogens with zero attached hydrogens (tertiary/aromatic N) is 5. The Labute approximate surface area is 157 Å². The number of benzene rings is 1. The van der Waals surface area contributed by atoms with Crippen LogP contribution >= 0.6 is 0 Å². The van der Waals surface area contributed by atoms with Crippen LogP contribution in [0.2, 0.25) is 0 Å². The minimum Gasteiger partial charge on any atom is -0.370 e. The summed E-state index contributed by atoms with van der Waals surface area (Å²) < 4.78 is 48.3.